The zero-order chi connectivity index (χ0) is 14.7. The molecule has 0 radical (unpaired) electrons. The number of aliphatic imine (C=N–C) groups is 1. The number of hydrogen-bond acceptors (Lipinski definition) is 4. The van der Waals surface area contributed by atoms with Crippen LogP contribution >= 0.6 is 23.4 Å². The largest absolute Gasteiger partial charge is 0.493 e. The smallest absolute Gasteiger partial charge is 0.266 e. The van der Waals surface area contributed by atoms with Gasteiger partial charge in [-0.3, -0.25) is 14.7 Å². The molecule has 6 heteroatoms. The molecule has 0 bridgehead atoms. The standard InChI is InChI=1S/C14H15ClN2O2S/c1-4-19-11-6-5-10(15)7-9(11)8-12-13(18)17(3)14(16-2)20-12/h5-8H,4H2,1-3H3/b12-8-,16-14?. The molecule has 0 aliphatic carbocycles. The third-order valence-corrected chi connectivity index (χ3v) is 4.14. The van der Waals surface area contributed by atoms with E-state index in [4.69, 9.17) is 16.3 Å². The lowest BCUT2D eigenvalue weighted by molar-refractivity contribution is -0.121. The van der Waals surface area contributed by atoms with Gasteiger partial charge in [0.15, 0.2) is 5.17 Å². The van der Waals surface area contributed by atoms with Crippen molar-refractivity contribution in [1.29, 1.82) is 0 Å². The molecule has 2 rings (SSSR count). The van der Waals surface area contributed by atoms with Crippen molar-refractivity contribution in [2.45, 2.75) is 6.92 Å². The Morgan fingerprint density at radius 2 is 2.25 bits per heavy atom. The first kappa shape index (κ1) is 14.9. The topological polar surface area (TPSA) is 41.9 Å². The Hall–Kier alpha value is -1.46. The van der Waals surface area contributed by atoms with E-state index in [1.807, 2.05) is 6.92 Å². The second kappa shape index (κ2) is 6.33. The van der Waals surface area contributed by atoms with Crippen molar-refractivity contribution < 1.29 is 9.53 Å². The van der Waals surface area contributed by atoms with E-state index in [9.17, 15) is 4.79 Å². The van der Waals surface area contributed by atoms with Crippen LogP contribution in [0.15, 0.2) is 28.1 Å². The fourth-order valence-electron chi connectivity index (χ4n) is 1.81. The van der Waals surface area contributed by atoms with Crippen molar-refractivity contribution in [3.8, 4) is 5.75 Å². The fraction of sp³-hybridized carbons (Fsp3) is 0.286. The Morgan fingerprint density at radius 1 is 1.50 bits per heavy atom. The van der Waals surface area contributed by atoms with Crippen LogP contribution in [-0.4, -0.2) is 36.7 Å². The molecule has 4 nitrogen and oxygen atoms in total. The van der Waals surface area contributed by atoms with E-state index < -0.39 is 0 Å². The minimum absolute atomic E-state index is 0.0713. The van der Waals surface area contributed by atoms with Crippen LogP contribution in [0.5, 0.6) is 5.75 Å². The average Bonchev–Trinajstić information content (AvgIpc) is 2.70. The van der Waals surface area contributed by atoms with Crippen molar-refractivity contribution >= 4 is 40.5 Å². The van der Waals surface area contributed by atoms with E-state index in [0.717, 1.165) is 5.56 Å². The normalized spacial score (nSPS) is 19.2. The van der Waals surface area contributed by atoms with E-state index in [1.54, 1.807) is 38.4 Å². The molecule has 0 aromatic heterocycles. The van der Waals surface area contributed by atoms with Gasteiger partial charge in [-0.2, -0.15) is 0 Å². The van der Waals surface area contributed by atoms with Crippen LogP contribution < -0.4 is 4.74 Å². The van der Waals surface area contributed by atoms with Crippen molar-refractivity contribution in [1.82, 2.24) is 4.90 Å². The maximum absolute atomic E-state index is 12.1. The van der Waals surface area contributed by atoms with Crippen molar-refractivity contribution in [2.75, 3.05) is 20.7 Å². The summed E-state index contributed by atoms with van der Waals surface area (Å²) < 4.78 is 5.55. The predicted molar refractivity (Wildman–Crippen MR) is 84.3 cm³/mol. The Kier molecular flexibility index (Phi) is 4.73. The molecule has 20 heavy (non-hydrogen) atoms. The van der Waals surface area contributed by atoms with Gasteiger partial charge in [0.1, 0.15) is 5.75 Å². The number of hydrogen-bond donors (Lipinski definition) is 0. The number of halogens is 1. The summed E-state index contributed by atoms with van der Waals surface area (Å²) in [5, 5.41) is 1.29. The zero-order valence-corrected chi connectivity index (χ0v) is 13.1. The minimum Gasteiger partial charge on any atom is -0.493 e. The van der Waals surface area contributed by atoms with Gasteiger partial charge in [0, 0.05) is 24.7 Å². The summed E-state index contributed by atoms with van der Waals surface area (Å²) in [6, 6.07) is 5.36. The molecule has 0 N–H and O–H groups in total. The second-order valence-corrected chi connectivity index (χ2v) is 5.54. The molecule has 1 aliphatic heterocycles. The van der Waals surface area contributed by atoms with Gasteiger partial charge >= 0.3 is 0 Å². The number of amides is 1. The SMILES string of the molecule is CCOc1ccc(Cl)cc1/C=C1\SC(=NC)N(C)C1=O. The first-order valence-electron chi connectivity index (χ1n) is 6.13. The Labute approximate surface area is 127 Å². The van der Waals surface area contributed by atoms with E-state index in [1.165, 1.54) is 16.7 Å². The van der Waals surface area contributed by atoms with Gasteiger partial charge in [0.25, 0.3) is 5.91 Å². The molecule has 1 aromatic rings. The molecule has 1 heterocycles. The molecule has 1 fully saturated rings. The summed E-state index contributed by atoms with van der Waals surface area (Å²) in [7, 11) is 3.37. The summed E-state index contributed by atoms with van der Waals surface area (Å²) in [6.07, 6.45) is 1.79. The number of benzene rings is 1. The van der Waals surface area contributed by atoms with Crippen LogP contribution in [0, 0.1) is 0 Å². The molecule has 0 unspecified atom stereocenters. The van der Waals surface area contributed by atoms with Crippen molar-refractivity contribution in [3.63, 3.8) is 0 Å². The summed E-state index contributed by atoms with van der Waals surface area (Å²) in [4.78, 5) is 18.3. The van der Waals surface area contributed by atoms with Gasteiger partial charge in [-0.1, -0.05) is 11.6 Å². The fourth-order valence-corrected chi connectivity index (χ4v) is 2.91. The number of carbonyl (C=O) groups excluding carboxylic acids is 1. The second-order valence-electron chi connectivity index (χ2n) is 4.10. The lowest BCUT2D eigenvalue weighted by Crippen LogP contribution is -2.23. The molecule has 1 aliphatic rings. The molecule has 0 spiro atoms. The number of amidine groups is 1. The Morgan fingerprint density at radius 3 is 2.85 bits per heavy atom. The molecule has 1 aromatic carbocycles. The number of thioether (sulfide) groups is 1. The lowest BCUT2D eigenvalue weighted by atomic mass is 10.2. The van der Waals surface area contributed by atoms with Crippen LogP contribution in [0.1, 0.15) is 12.5 Å². The molecular weight excluding hydrogens is 296 g/mol. The highest BCUT2D eigenvalue weighted by Gasteiger charge is 2.29. The monoisotopic (exact) mass is 310 g/mol. The molecular formula is C14H15ClN2O2S. The lowest BCUT2D eigenvalue weighted by Gasteiger charge is -2.08. The van der Waals surface area contributed by atoms with Gasteiger partial charge in [0.2, 0.25) is 0 Å². The van der Waals surface area contributed by atoms with Crippen LogP contribution in [0.2, 0.25) is 5.02 Å². The van der Waals surface area contributed by atoms with E-state index in [-0.39, 0.29) is 5.91 Å². The van der Waals surface area contributed by atoms with E-state index in [0.29, 0.717) is 27.5 Å². The number of rotatable bonds is 3. The average molecular weight is 311 g/mol. The van der Waals surface area contributed by atoms with Gasteiger partial charge in [-0.05, 0) is 43.0 Å². The Balaban J connectivity index is 2.40. The van der Waals surface area contributed by atoms with E-state index in [2.05, 4.69) is 4.99 Å². The number of nitrogens with zero attached hydrogens (tertiary/aromatic N) is 2. The molecule has 1 saturated heterocycles. The molecule has 0 atom stereocenters. The van der Waals surface area contributed by atoms with Crippen LogP contribution in [0.25, 0.3) is 6.08 Å². The first-order valence-corrected chi connectivity index (χ1v) is 7.33. The summed E-state index contributed by atoms with van der Waals surface area (Å²) in [5.41, 5.74) is 0.793. The van der Waals surface area contributed by atoms with Crippen LogP contribution in [-0.2, 0) is 4.79 Å². The summed E-state index contributed by atoms with van der Waals surface area (Å²) in [6.45, 7) is 2.47. The summed E-state index contributed by atoms with van der Waals surface area (Å²) >= 11 is 7.36. The zero-order valence-electron chi connectivity index (χ0n) is 11.5. The predicted octanol–water partition coefficient (Wildman–Crippen LogP) is 3.27. The number of likely N-dealkylation sites (N-methyl/N-ethyl adjacent to an activating group) is 1. The maximum atomic E-state index is 12.1. The van der Waals surface area contributed by atoms with Crippen LogP contribution in [0.4, 0.5) is 0 Å². The molecule has 106 valence electrons. The minimum atomic E-state index is -0.0713. The third-order valence-electron chi connectivity index (χ3n) is 2.75. The quantitative estimate of drug-likeness (QED) is 0.805. The number of ether oxygens (including phenoxy) is 1. The van der Waals surface area contributed by atoms with Gasteiger partial charge in [-0.25, -0.2) is 0 Å². The molecule has 0 saturated carbocycles. The third kappa shape index (κ3) is 2.99. The maximum Gasteiger partial charge on any atom is 0.266 e. The first-order chi connectivity index (χ1) is 9.56. The van der Waals surface area contributed by atoms with Gasteiger partial charge in [-0.15, -0.1) is 0 Å². The van der Waals surface area contributed by atoms with Crippen LogP contribution in [0.3, 0.4) is 0 Å². The Bertz CT molecular complexity index is 599. The number of carbonyl (C=O) groups is 1. The van der Waals surface area contributed by atoms with Crippen molar-refractivity contribution in [3.05, 3.63) is 33.7 Å². The van der Waals surface area contributed by atoms with Crippen molar-refractivity contribution in [2.24, 2.45) is 4.99 Å². The van der Waals surface area contributed by atoms with Gasteiger partial charge in [0.05, 0.1) is 11.5 Å². The highest BCUT2D eigenvalue weighted by Crippen LogP contribution is 2.34. The van der Waals surface area contributed by atoms with Gasteiger partial charge < -0.3 is 4.74 Å². The highest BCUT2D eigenvalue weighted by atomic mass is 35.5. The van der Waals surface area contributed by atoms with E-state index >= 15 is 0 Å². The summed E-state index contributed by atoms with van der Waals surface area (Å²) in [5.74, 6) is 0.639. The molecule has 1 amide bonds. The highest BCUT2D eigenvalue weighted by molar-refractivity contribution is 8.18.